The Morgan fingerprint density at radius 2 is 1.79 bits per heavy atom. The topological polar surface area (TPSA) is 68.8 Å². The molecule has 0 aromatic heterocycles. The molecule has 2 aromatic carbocycles. The van der Waals surface area contributed by atoms with Crippen molar-refractivity contribution in [1.82, 2.24) is 5.32 Å². The highest BCUT2D eigenvalue weighted by atomic mass is 32.1. The summed E-state index contributed by atoms with van der Waals surface area (Å²) in [5.41, 5.74) is 3.04. The molecule has 2 N–H and O–H groups in total. The smallest absolute Gasteiger partial charge is 0.338 e. The third-order valence-electron chi connectivity index (χ3n) is 4.40. The summed E-state index contributed by atoms with van der Waals surface area (Å²) in [4.78, 5) is 11.9. The number of ether oxygens (including phenoxy) is 3. The Balaban J connectivity index is 2.11. The summed E-state index contributed by atoms with van der Waals surface area (Å²) in [7, 11) is 1.36. The molecule has 7 heteroatoms. The summed E-state index contributed by atoms with van der Waals surface area (Å²) >= 11 is 5.47. The van der Waals surface area contributed by atoms with Crippen LogP contribution in [0.1, 0.15) is 48.3 Å². The molecule has 0 unspecified atom stereocenters. The minimum Gasteiger partial charge on any atom is -0.490 e. The van der Waals surface area contributed by atoms with Crippen LogP contribution in [0.4, 0.5) is 5.69 Å². The lowest BCUT2D eigenvalue weighted by Crippen LogP contribution is -2.31. The molecular weight excluding hydrogens is 388 g/mol. The lowest BCUT2D eigenvalue weighted by Gasteiger charge is -2.20. The number of rotatable bonds is 8. The quantitative estimate of drug-likeness (QED) is 0.480. The Hall–Kier alpha value is -2.80. The van der Waals surface area contributed by atoms with Crippen molar-refractivity contribution in [2.75, 3.05) is 25.6 Å². The van der Waals surface area contributed by atoms with Gasteiger partial charge in [0, 0.05) is 5.69 Å². The molecule has 0 aliphatic heterocycles. The van der Waals surface area contributed by atoms with Crippen LogP contribution in [0.2, 0.25) is 0 Å². The fraction of sp³-hybridized carbons (Fsp3) is 0.364. The highest BCUT2D eigenvalue weighted by Crippen LogP contribution is 2.30. The molecule has 0 bridgehead atoms. The van der Waals surface area contributed by atoms with Gasteiger partial charge in [-0.15, -0.1) is 0 Å². The number of thiocarbonyl (C=S) groups is 1. The molecule has 0 aliphatic rings. The maximum atomic E-state index is 11.9. The van der Waals surface area contributed by atoms with E-state index in [0.717, 1.165) is 22.6 Å². The molecule has 156 valence electrons. The van der Waals surface area contributed by atoms with E-state index >= 15 is 0 Å². The number of carbonyl (C=O) groups excluding carboxylic acids is 1. The van der Waals surface area contributed by atoms with Crippen molar-refractivity contribution in [2.45, 2.75) is 33.7 Å². The number of nitrogens with one attached hydrogen (secondary N) is 2. The second kappa shape index (κ2) is 10.7. The number of anilines is 1. The zero-order valence-electron chi connectivity index (χ0n) is 17.5. The molecule has 0 saturated carbocycles. The van der Waals surface area contributed by atoms with Gasteiger partial charge in [0.1, 0.15) is 0 Å². The van der Waals surface area contributed by atoms with Gasteiger partial charge in [-0.25, -0.2) is 4.79 Å². The van der Waals surface area contributed by atoms with E-state index in [1.165, 1.54) is 7.11 Å². The number of benzene rings is 2. The summed E-state index contributed by atoms with van der Waals surface area (Å²) < 4.78 is 16.1. The van der Waals surface area contributed by atoms with Gasteiger partial charge in [-0.3, -0.25) is 0 Å². The van der Waals surface area contributed by atoms with Crippen LogP contribution in [0.15, 0.2) is 36.4 Å². The van der Waals surface area contributed by atoms with Gasteiger partial charge < -0.3 is 24.8 Å². The van der Waals surface area contributed by atoms with E-state index in [4.69, 9.17) is 26.4 Å². The third-order valence-corrected chi connectivity index (χ3v) is 4.62. The van der Waals surface area contributed by atoms with E-state index in [2.05, 4.69) is 10.6 Å². The standard InChI is InChI=1S/C22H28N2O4S/c1-6-27-19-12-11-16(13-20(19)28-7-2)15(4)23-22(29)24-18-10-8-9-17(14(18)3)21(25)26-5/h8-13,15H,6-7H2,1-5H3,(H2,23,24,29)/t15-/m1/s1. The Morgan fingerprint density at radius 3 is 2.45 bits per heavy atom. The molecule has 29 heavy (non-hydrogen) atoms. The van der Waals surface area contributed by atoms with Crippen LogP contribution in [-0.2, 0) is 4.74 Å². The Labute approximate surface area is 177 Å². The van der Waals surface area contributed by atoms with Crippen molar-refractivity contribution in [2.24, 2.45) is 0 Å². The van der Waals surface area contributed by atoms with E-state index in [9.17, 15) is 4.79 Å². The average molecular weight is 417 g/mol. The summed E-state index contributed by atoms with van der Waals surface area (Å²) in [5, 5.41) is 6.87. The molecule has 0 amide bonds. The molecule has 2 aromatic rings. The second-order valence-corrected chi connectivity index (χ2v) is 6.77. The number of hydrogen-bond acceptors (Lipinski definition) is 5. The molecule has 0 saturated heterocycles. The normalized spacial score (nSPS) is 11.3. The monoisotopic (exact) mass is 416 g/mol. The van der Waals surface area contributed by atoms with Crippen molar-refractivity contribution < 1.29 is 19.0 Å². The van der Waals surface area contributed by atoms with Crippen molar-refractivity contribution in [3.63, 3.8) is 0 Å². The van der Waals surface area contributed by atoms with Gasteiger partial charge in [0.15, 0.2) is 16.6 Å². The lowest BCUT2D eigenvalue weighted by molar-refractivity contribution is 0.0600. The minimum absolute atomic E-state index is 0.0611. The van der Waals surface area contributed by atoms with Crippen LogP contribution in [0.5, 0.6) is 11.5 Å². The number of esters is 1. The molecular formula is C22H28N2O4S. The molecule has 0 radical (unpaired) electrons. The van der Waals surface area contributed by atoms with Gasteiger partial charge in [0.2, 0.25) is 0 Å². The van der Waals surface area contributed by atoms with Crippen LogP contribution >= 0.6 is 12.2 Å². The van der Waals surface area contributed by atoms with Crippen LogP contribution < -0.4 is 20.1 Å². The molecule has 0 heterocycles. The predicted molar refractivity (Wildman–Crippen MR) is 119 cm³/mol. The number of hydrogen-bond donors (Lipinski definition) is 2. The molecule has 2 rings (SSSR count). The Kier molecular flexibility index (Phi) is 8.27. The van der Waals surface area contributed by atoms with E-state index in [0.29, 0.717) is 29.6 Å². The van der Waals surface area contributed by atoms with Crippen LogP contribution in [0.25, 0.3) is 0 Å². The first kappa shape index (κ1) is 22.5. The Morgan fingerprint density at radius 1 is 1.10 bits per heavy atom. The van der Waals surface area contributed by atoms with Crippen LogP contribution in [0, 0.1) is 6.92 Å². The number of methoxy groups -OCH3 is 1. The Bertz CT molecular complexity index is 870. The second-order valence-electron chi connectivity index (χ2n) is 6.36. The van der Waals surface area contributed by atoms with Crippen molar-refractivity contribution >= 4 is 29.0 Å². The highest BCUT2D eigenvalue weighted by molar-refractivity contribution is 7.80. The lowest BCUT2D eigenvalue weighted by atomic mass is 10.1. The predicted octanol–water partition coefficient (Wildman–Crippen LogP) is 4.63. The first-order chi connectivity index (χ1) is 13.9. The van der Waals surface area contributed by atoms with E-state index in [-0.39, 0.29) is 12.0 Å². The molecule has 1 atom stereocenters. The summed E-state index contributed by atoms with van der Waals surface area (Å²) in [6.45, 7) is 8.87. The average Bonchev–Trinajstić information content (AvgIpc) is 2.70. The van der Waals surface area contributed by atoms with Gasteiger partial charge in [-0.2, -0.15) is 0 Å². The minimum atomic E-state index is -0.378. The molecule has 0 fully saturated rings. The summed E-state index contributed by atoms with van der Waals surface area (Å²) in [5.74, 6) is 1.05. The van der Waals surface area contributed by atoms with Gasteiger partial charge >= 0.3 is 5.97 Å². The van der Waals surface area contributed by atoms with Crippen molar-refractivity contribution in [3.8, 4) is 11.5 Å². The summed E-state index contributed by atoms with van der Waals surface area (Å²) in [6, 6.07) is 11.2. The fourth-order valence-electron chi connectivity index (χ4n) is 2.88. The van der Waals surface area contributed by atoms with E-state index in [1.807, 2.05) is 52.0 Å². The fourth-order valence-corrected chi connectivity index (χ4v) is 3.16. The SMILES string of the molecule is CCOc1ccc([C@@H](C)NC(=S)Nc2cccc(C(=O)OC)c2C)cc1OCC. The molecule has 0 aliphatic carbocycles. The van der Waals surface area contributed by atoms with Gasteiger partial charge in [-0.1, -0.05) is 12.1 Å². The van der Waals surface area contributed by atoms with E-state index < -0.39 is 0 Å². The van der Waals surface area contributed by atoms with Gasteiger partial charge in [0.25, 0.3) is 0 Å². The van der Waals surface area contributed by atoms with Crippen LogP contribution in [0.3, 0.4) is 0 Å². The van der Waals surface area contributed by atoms with Crippen molar-refractivity contribution in [1.29, 1.82) is 0 Å². The summed E-state index contributed by atoms with van der Waals surface area (Å²) in [6.07, 6.45) is 0. The largest absolute Gasteiger partial charge is 0.490 e. The molecule has 0 spiro atoms. The number of carbonyl (C=O) groups is 1. The van der Waals surface area contributed by atoms with Crippen LogP contribution in [-0.4, -0.2) is 31.4 Å². The van der Waals surface area contributed by atoms with Gasteiger partial charge in [0.05, 0.1) is 31.9 Å². The third kappa shape index (κ3) is 5.84. The first-order valence-electron chi connectivity index (χ1n) is 9.56. The zero-order valence-corrected chi connectivity index (χ0v) is 18.3. The molecule has 6 nitrogen and oxygen atoms in total. The van der Waals surface area contributed by atoms with Crippen molar-refractivity contribution in [3.05, 3.63) is 53.1 Å². The maximum Gasteiger partial charge on any atom is 0.338 e. The maximum absolute atomic E-state index is 11.9. The van der Waals surface area contributed by atoms with E-state index in [1.54, 1.807) is 12.1 Å². The zero-order chi connectivity index (χ0) is 21.4. The first-order valence-corrected chi connectivity index (χ1v) is 9.97. The van der Waals surface area contributed by atoms with Gasteiger partial charge in [-0.05, 0) is 75.3 Å². The highest BCUT2D eigenvalue weighted by Gasteiger charge is 2.15.